The van der Waals surface area contributed by atoms with E-state index in [9.17, 15) is 4.79 Å². The number of carbonyl (C=O) groups excluding carboxylic acids is 1. The summed E-state index contributed by atoms with van der Waals surface area (Å²) in [5.74, 6) is 0.0599. The summed E-state index contributed by atoms with van der Waals surface area (Å²) in [6.45, 7) is 1.93. The molecule has 2 aromatic rings. The molecule has 0 aliphatic carbocycles. The SMILES string of the molecule is COC(=O)c1nnn(-c2cc(C)ccc2OC)c1N. The highest BCUT2D eigenvalue weighted by Gasteiger charge is 2.20. The average Bonchev–Trinajstić information content (AvgIpc) is 2.79. The number of methoxy groups -OCH3 is 2. The van der Waals surface area contributed by atoms with Gasteiger partial charge < -0.3 is 15.2 Å². The van der Waals surface area contributed by atoms with Crippen LogP contribution in [0.4, 0.5) is 5.82 Å². The Kier molecular flexibility index (Phi) is 3.37. The summed E-state index contributed by atoms with van der Waals surface area (Å²) < 4.78 is 11.2. The predicted octanol–water partition coefficient (Wildman–Crippen LogP) is 0.953. The van der Waals surface area contributed by atoms with Gasteiger partial charge in [-0.05, 0) is 24.6 Å². The van der Waals surface area contributed by atoms with Crippen molar-refractivity contribution in [2.45, 2.75) is 6.92 Å². The second-order valence-corrected chi connectivity index (χ2v) is 3.90. The van der Waals surface area contributed by atoms with Crippen molar-refractivity contribution in [1.29, 1.82) is 0 Å². The fraction of sp³-hybridized carbons (Fsp3) is 0.250. The van der Waals surface area contributed by atoms with Crippen LogP contribution in [0.2, 0.25) is 0 Å². The first kappa shape index (κ1) is 12.9. The van der Waals surface area contributed by atoms with E-state index >= 15 is 0 Å². The summed E-state index contributed by atoms with van der Waals surface area (Å²) in [5.41, 5.74) is 7.46. The minimum absolute atomic E-state index is 0.0222. The molecule has 7 heteroatoms. The van der Waals surface area contributed by atoms with Crippen LogP contribution in [0.15, 0.2) is 18.2 Å². The second-order valence-electron chi connectivity index (χ2n) is 3.90. The minimum atomic E-state index is -0.629. The summed E-state index contributed by atoms with van der Waals surface area (Å²) >= 11 is 0. The molecule has 0 fully saturated rings. The Hall–Kier alpha value is -2.57. The number of nitrogen functional groups attached to an aromatic ring is 1. The molecular weight excluding hydrogens is 248 g/mol. The van der Waals surface area contributed by atoms with Gasteiger partial charge in [0, 0.05) is 0 Å². The maximum Gasteiger partial charge on any atom is 0.362 e. The number of hydrogen-bond donors (Lipinski definition) is 1. The molecule has 0 unspecified atom stereocenters. The molecule has 1 aromatic heterocycles. The quantitative estimate of drug-likeness (QED) is 0.828. The number of nitrogens with zero attached hydrogens (tertiary/aromatic N) is 3. The first-order valence-electron chi connectivity index (χ1n) is 5.53. The molecule has 19 heavy (non-hydrogen) atoms. The largest absolute Gasteiger partial charge is 0.494 e. The molecule has 0 bridgehead atoms. The monoisotopic (exact) mass is 262 g/mol. The van der Waals surface area contributed by atoms with E-state index in [4.69, 9.17) is 10.5 Å². The van der Waals surface area contributed by atoms with E-state index < -0.39 is 5.97 Å². The van der Waals surface area contributed by atoms with E-state index in [1.165, 1.54) is 11.8 Å². The maximum absolute atomic E-state index is 11.5. The van der Waals surface area contributed by atoms with Gasteiger partial charge in [-0.2, -0.15) is 4.68 Å². The van der Waals surface area contributed by atoms with E-state index in [1.807, 2.05) is 19.1 Å². The fourth-order valence-corrected chi connectivity index (χ4v) is 1.67. The highest BCUT2D eigenvalue weighted by atomic mass is 16.5. The smallest absolute Gasteiger partial charge is 0.362 e. The number of ether oxygens (including phenoxy) is 2. The number of nitrogens with two attached hydrogens (primary N) is 1. The van der Waals surface area contributed by atoms with Gasteiger partial charge in [-0.15, -0.1) is 5.10 Å². The van der Waals surface area contributed by atoms with Crippen molar-refractivity contribution >= 4 is 11.8 Å². The van der Waals surface area contributed by atoms with Crippen LogP contribution in [-0.4, -0.2) is 35.2 Å². The van der Waals surface area contributed by atoms with Crippen LogP contribution in [-0.2, 0) is 4.74 Å². The Morgan fingerprint density at radius 1 is 1.37 bits per heavy atom. The molecule has 0 aliphatic heterocycles. The molecule has 1 heterocycles. The van der Waals surface area contributed by atoms with Gasteiger partial charge in [0.25, 0.3) is 0 Å². The van der Waals surface area contributed by atoms with Gasteiger partial charge in [0.05, 0.1) is 14.2 Å². The van der Waals surface area contributed by atoms with E-state index in [2.05, 4.69) is 15.0 Å². The van der Waals surface area contributed by atoms with Gasteiger partial charge in [0.1, 0.15) is 11.4 Å². The number of esters is 1. The number of aryl methyl sites for hydroxylation is 1. The zero-order valence-corrected chi connectivity index (χ0v) is 10.9. The summed E-state index contributed by atoms with van der Waals surface area (Å²) in [7, 11) is 2.80. The number of anilines is 1. The van der Waals surface area contributed by atoms with Crippen molar-refractivity contribution in [3.8, 4) is 11.4 Å². The van der Waals surface area contributed by atoms with Crippen molar-refractivity contribution in [2.75, 3.05) is 20.0 Å². The molecule has 0 radical (unpaired) electrons. The molecule has 0 amide bonds. The third kappa shape index (κ3) is 2.22. The molecule has 0 saturated heterocycles. The van der Waals surface area contributed by atoms with Crippen LogP contribution in [0.25, 0.3) is 5.69 Å². The Labute approximate surface area is 109 Å². The topological polar surface area (TPSA) is 92.3 Å². The van der Waals surface area contributed by atoms with Gasteiger partial charge in [-0.1, -0.05) is 11.3 Å². The molecular formula is C12H14N4O3. The Morgan fingerprint density at radius 3 is 2.74 bits per heavy atom. The van der Waals surface area contributed by atoms with Crippen molar-refractivity contribution in [3.63, 3.8) is 0 Å². The van der Waals surface area contributed by atoms with Crippen molar-refractivity contribution in [3.05, 3.63) is 29.5 Å². The molecule has 100 valence electrons. The van der Waals surface area contributed by atoms with Crippen LogP contribution < -0.4 is 10.5 Å². The average molecular weight is 262 g/mol. The van der Waals surface area contributed by atoms with E-state index in [0.29, 0.717) is 11.4 Å². The lowest BCUT2D eigenvalue weighted by molar-refractivity contribution is 0.0595. The minimum Gasteiger partial charge on any atom is -0.494 e. The van der Waals surface area contributed by atoms with Gasteiger partial charge in [-0.3, -0.25) is 0 Å². The first-order chi connectivity index (χ1) is 9.08. The molecule has 7 nitrogen and oxygen atoms in total. The highest BCUT2D eigenvalue weighted by molar-refractivity contribution is 5.92. The van der Waals surface area contributed by atoms with Gasteiger partial charge in [0.15, 0.2) is 5.82 Å². The van der Waals surface area contributed by atoms with Crippen LogP contribution in [0, 0.1) is 6.92 Å². The van der Waals surface area contributed by atoms with Gasteiger partial charge in [-0.25, -0.2) is 4.79 Å². The van der Waals surface area contributed by atoms with E-state index in [0.717, 1.165) is 5.56 Å². The van der Waals surface area contributed by atoms with Gasteiger partial charge in [0.2, 0.25) is 5.69 Å². The molecule has 2 rings (SSSR count). The van der Waals surface area contributed by atoms with Gasteiger partial charge >= 0.3 is 5.97 Å². The van der Waals surface area contributed by atoms with E-state index in [-0.39, 0.29) is 11.5 Å². The Bertz CT molecular complexity index is 621. The Morgan fingerprint density at radius 2 is 2.11 bits per heavy atom. The van der Waals surface area contributed by atoms with Crippen molar-refractivity contribution < 1.29 is 14.3 Å². The van der Waals surface area contributed by atoms with Crippen molar-refractivity contribution in [2.24, 2.45) is 0 Å². The summed E-state index contributed by atoms with van der Waals surface area (Å²) in [4.78, 5) is 11.5. The van der Waals surface area contributed by atoms with Crippen LogP contribution >= 0.6 is 0 Å². The number of aromatic nitrogens is 3. The summed E-state index contributed by atoms with van der Waals surface area (Å²) in [6.07, 6.45) is 0. The maximum atomic E-state index is 11.5. The number of hydrogen-bond acceptors (Lipinski definition) is 6. The standard InChI is InChI=1S/C12H14N4O3/c1-7-4-5-9(18-2)8(6-7)16-11(13)10(14-15-16)12(17)19-3/h4-6H,13H2,1-3H3. The first-order valence-corrected chi connectivity index (χ1v) is 5.53. The molecule has 0 aliphatic rings. The number of benzene rings is 1. The molecule has 0 atom stereocenters. The zero-order chi connectivity index (χ0) is 14.0. The summed E-state index contributed by atoms with van der Waals surface area (Å²) in [6, 6.07) is 5.53. The predicted molar refractivity (Wildman–Crippen MR) is 68.4 cm³/mol. The second kappa shape index (κ2) is 4.97. The highest BCUT2D eigenvalue weighted by Crippen LogP contribution is 2.26. The number of rotatable bonds is 3. The molecule has 0 saturated carbocycles. The zero-order valence-electron chi connectivity index (χ0n) is 10.9. The molecule has 2 N–H and O–H groups in total. The van der Waals surface area contributed by atoms with Crippen LogP contribution in [0.5, 0.6) is 5.75 Å². The van der Waals surface area contributed by atoms with Crippen molar-refractivity contribution in [1.82, 2.24) is 15.0 Å². The fourth-order valence-electron chi connectivity index (χ4n) is 1.67. The third-order valence-electron chi connectivity index (χ3n) is 2.65. The van der Waals surface area contributed by atoms with Crippen LogP contribution in [0.1, 0.15) is 16.1 Å². The summed E-state index contributed by atoms with van der Waals surface area (Å²) in [5, 5.41) is 7.59. The number of carbonyl (C=O) groups is 1. The molecule has 0 spiro atoms. The Balaban J connectivity index is 2.57. The lowest BCUT2D eigenvalue weighted by atomic mass is 10.2. The lowest BCUT2D eigenvalue weighted by Gasteiger charge is -2.09. The third-order valence-corrected chi connectivity index (χ3v) is 2.65. The van der Waals surface area contributed by atoms with Crippen LogP contribution in [0.3, 0.4) is 0 Å². The lowest BCUT2D eigenvalue weighted by Crippen LogP contribution is -2.08. The normalized spacial score (nSPS) is 10.3. The van der Waals surface area contributed by atoms with E-state index in [1.54, 1.807) is 13.2 Å². The molecule has 1 aromatic carbocycles.